The van der Waals surface area contributed by atoms with Gasteiger partial charge in [-0.1, -0.05) is 11.8 Å². The number of aryl methyl sites for hydroxylation is 1. The van der Waals surface area contributed by atoms with E-state index in [4.69, 9.17) is 5.11 Å². The zero-order valence-electron chi connectivity index (χ0n) is 10.8. The van der Waals surface area contributed by atoms with E-state index < -0.39 is 5.97 Å². The molecule has 0 spiro atoms. The van der Waals surface area contributed by atoms with Gasteiger partial charge in [0.25, 0.3) is 0 Å². The molecule has 1 saturated heterocycles. The first kappa shape index (κ1) is 13.4. The number of carboxylic acid groups (broad SMARTS) is 1. The summed E-state index contributed by atoms with van der Waals surface area (Å²) in [5.41, 5.74) is 1.11. The Hall–Kier alpha value is -1.01. The van der Waals surface area contributed by atoms with Gasteiger partial charge in [-0.15, -0.1) is 0 Å². The molecule has 2 heterocycles. The van der Waals surface area contributed by atoms with Gasteiger partial charge in [0, 0.05) is 24.5 Å². The van der Waals surface area contributed by atoms with Crippen LogP contribution in [0, 0.1) is 6.92 Å². The van der Waals surface area contributed by atoms with Crippen LogP contribution in [0.15, 0.2) is 11.4 Å². The van der Waals surface area contributed by atoms with Crippen LogP contribution in [-0.2, 0) is 4.79 Å². The molecule has 1 atom stereocenters. The average molecular weight is 269 g/mol. The summed E-state index contributed by atoms with van der Waals surface area (Å²) in [5, 5.41) is 9.59. The Morgan fingerprint density at radius 3 is 3.11 bits per heavy atom. The maximum absolute atomic E-state index is 10.7. The van der Waals surface area contributed by atoms with Crippen LogP contribution in [0.25, 0.3) is 0 Å². The molecule has 1 N–H and O–H groups in total. The van der Waals surface area contributed by atoms with E-state index in [-0.39, 0.29) is 5.75 Å². The summed E-state index contributed by atoms with van der Waals surface area (Å²) < 4.78 is 2.20. The highest BCUT2D eigenvalue weighted by Gasteiger charge is 2.22. The van der Waals surface area contributed by atoms with Gasteiger partial charge in [-0.05, 0) is 33.4 Å². The molecule has 5 nitrogen and oxygen atoms in total. The fourth-order valence-corrected chi connectivity index (χ4v) is 3.26. The summed E-state index contributed by atoms with van der Waals surface area (Å²) in [5.74, 6) is -0.730. The number of carbonyl (C=O) groups is 1. The number of likely N-dealkylation sites (N-methyl/N-ethyl adjacent to an activating group) is 1. The molecule has 18 heavy (non-hydrogen) atoms. The maximum atomic E-state index is 10.7. The predicted molar refractivity (Wildman–Crippen MR) is 71.1 cm³/mol. The molecule has 1 aromatic rings. The first-order chi connectivity index (χ1) is 8.58. The largest absolute Gasteiger partial charge is 0.481 e. The lowest BCUT2D eigenvalue weighted by atomic mass is 10.1. The van der Waals surface area contributed by atoms with Crippen molar-refractivity contribution in [1.29, 1.82) is 0 Å². The van der Waals surface area contributed by atoms with E-state index >= 15 is 0 Å². The minimum atomic E-state index is -0.798. The zero-order valence-corrected chi connectivity index (χ0v) is 11.6. The minimum Gasteiger partial charge on any atom is -0.481 e. The Balaban J connectivity index is 2.15. The van der Waals surface area contributed by atoms with Gasteiger partial charge in [0.1, 0.15) is 0 Å². The number of aromatic nitrogens is 2. The van der Waals surface area contributed by atoms with Gasteiger partial charge in [0.15, 0.2) is 5.16 Å². The van der Waals surface area contributed by atoms with Crippen LogP contribution in [0.1, 0.15) is 24.6 Å². The van der Waals surface area contributed by atoms with Gasteiger partial charge in [-0.25, -0.2) is 4.98 Å². The Labute approximate surface area is 111 Å². The maximum Gasteiger partial charge on any atom is 0.313 e. The Morgan fingerprint density at radius 2 is 2.44 bits per heavy atom. The third kappa shape index (κ3) is 3.05. The molecule has 1 fully saturated rings. The topological polar surface area (TPSA) is 58.4 Å². The highest BCUT2D eigenvalue weighted by atomic mass is 32.2. The van der Waals surface area contributed by atoms with Crippen LogP contribution < -0.4 is 0 Å². The van der Waals surface area contributed by atoms with E-state index in [2.05, 4.69) is 21.5 Å². The summed E-state index contributed by atoms with van der Waals surface area (Å²) in [6.45, 7) is 4.19. The second-order valence-electron chi connectivity index (χ2n) is 4.79. The normalized spacial score (nSPS) is 21.1. The van der Waals surface area contributed by atoms with Crippen molar-refractivity contribution in [2.45, 2.75) is 31.0 Å². The fourth-order valence-electron chi connectivity index (χ4n) is 2.45. The molecule has 1 aromatic heterocycles. The van der Waals surface area contributed by atoms with Crippen molar-refractivity contribution in [3.05, 3.63) is 11.9 Å². The predicted octanol–water partition coefficient (Wildman–Crippen LogP) is 1.63. The number of aliphatic carboxylic acids is 1. The Morgan fingerprint density at radius 1 is 1.67 bits per heavy atom. The number of carboxylic acids is 1. The lowest BCUT2D eigenvalue weighted by molar-refractivity contribution is -0.133. The molecule has 0 saturated carbocycles. The molecule has 0 aliphatic carbocycles. The lowest BCUT2D eigenvalue weighted by Gasteiger charge is -2.32. The molecular formula is C12H19N3O2S. The number of imidazole rings is 1. The summed E-state index contributed by atoms with van der Waals surface area (Å²) in [4.78, 5) is 17.3. The standard InChI is InChI=1S/C12H19N3O2S/c1-9-6-13-12(18-8-11(16)17)15(9)10-4-3-5-14(2)7-10/h6,10H,3-5,7-8H2,1-2H3,(H,16,17). The van der Waals surface area contributed by atoms with Crippen LogP contribution in [-0.4, -0.2) is 51.4 Å². The van der Waals surface area contributed by atoms with Crippen molar-refractivity contribution >= 4 is 17.7 Å². The summed E-state index contributed by atoms with van der Waals surface area (Å²) >= 11 is 1.30. The molecule has 2 rings (SSSR count). The number of rotatable bonds is 4. The van der Waals surface area contributed by atoms with Crippen LogP contribution in [0.3, 0.4) is 0 Å². The number of nitrogens with zero attached hydrogens (tertiary/aromatic N) is 3. The van der Waals surface area contributed by atoms with Crippen molar-refractivity contribution in [1.82, 2.24) is 14.5 Å². The molecule has 100 valence electrons. The van der Waals surface area contributed by atoms with Gasteiger partial charge in [-0.3, -0.25) is 4.79 Å². The van der Waals surface area contributed by atoms with E-state index in [0.717, 1.165) is 30.4 Å². The number of piperidine rings is 1. The first-order valence-corrected chi connectivity index (χ1v) is 7.13. The molecule has 0 radical (unpaired) electrons. The summed E-state index contributed by atoms with van der Waals surface area (Å²) in [6, 6.07) is 0.419. The van der Waals surface area contributed by atoms with Crippen molar-refractivity contribution < 1.29 is 9.90 Å². The van der Waals surface area contributed by atoms with Gasteiger partial charge < -0.3 is 14.6 Å². The van der Waals surface area contributed by atoms with Gasteiger partial charge in [-0.2, -0.15) is 0 Å². The van der Waals surface area contributed by atoms with Crippen molar-refractivity contribution in [2.75, 3.05) is 25.9 Å². The molecule has 0 amide bonds. The van der Waals surface area contributed by atoms with Crippen LogP contribution in [0.2, 0.25) is 0 Å². The third-order valence-electron chi connectivity index (χ3n) is 3.24. The van der Waals surface area contributed by atoms with E-state index in [1.807, 2.05) is 13.1 Å². The van der Waals surface area contributed by atoms with Crippen LogP contribution in [0.4, 0.5) is 0 Å². The number of thioether (sulfide) groups is 1. The molecule has 1 aliphatic rings. The van der Waals surface area contributed by atoms with Crippen molar-refractivity contribution in [3.8, 4) is 0 Å². The molecule has 0 aromatic carbocycles. The molecular weight excluding hydrogens is 250 g/mol. The number of likely N-dealkylation sites (tertiary alicyclic amines) is 1. The first-order valence-electron chi connectivity index (χ1n) is 6.15. The molecule has 1 aliphatic heterocycles. The fraction of sp³-hybridized carbons (Fsp3) is 0.667. The van der Waals surface area contributed by atoms with E-state index in [9.17, 15) is 4.79 Å². The minimum absolute atomic E-state index is 0.0685. The summed E-state index contributed by atoms with van der Waals surface area (Å²) in [7, 11) is 2.13. The van der Waals surface area contributed by atoms with Crippen LogP contribution in [0.5, 0.6) is 0 Å². The highest BCUT2D eigenvalue weighted by molar-refractivity contribution is 7.99. The van der Waals surface area contributed by atoms with Crippen molar-refractivity contribution in [3.63, 3.8) is 0 Å². The Kier molecular flexibility index (Phi) is 4.29. The molecule has 6 heteroatoms. The SMILES string of the molecule is Cc1cnc(SCC(=O)O)n1C1CCCN(C)C1. The monoisotopic (exact) mass is 269 g/mol. The van der Waals surface area contributed by atoms with Gasteiger partial charge >= 0.3 is 5.97 Å². The van der Waals surface area contributed by atoms with Crippen LogP contribution >= 0.6 is 11.8 Å². The zero-order chi connectivity index (χ0) is 13.1. The second-order valence-corrected chi connectivity index (χ2v) is 5.74. The Bertz CT molecular complexity index is 433. The second kappa shape index (κ2) is 5.75. The van der Waals surface area contributed by atoms with Gasteiger partial charge in [0.05, 0.1) is 5.75 Å². The van der Waals surface area contributed by atoms with E-state index in [1.165, 1.54) is 18.2 Å². The number of hydrogen-bond acceptors (Lipinski definition) is 4. The van der Waals surface area contributed by atoms with Crippen molar-refractivity contribution in [2.24, 2.45) is 0 Å². The third-order valence-corrected chi connectivity index (χ3v) is 4.19. The molecule has 1 unspecified atom stereocenters. The smallest absolute Gasteiger partial charge is 0.313 e. The summed E-state index contributed by atoms with van der Waals surface area (Å²) in [6.07, 6.45) is 4.16. The van der Waals surface area contributed by atoms with E-state index in [0.29, 0.717) is 6.04 Å². The lowest BCUT2D eigenvalue weighted by Crippen LogP contribution is -2.34. The highest BCUT2D eigenvalue weighted by Crippen LogP contribution is 2.28. The van der Waals surface area contributed by atoms with E-state index in [1.54, 1.807) is 0 Å². The van der Waals surface area contributed by atoms with Gasteiger partial charge in [0.2, 0.25) is 0 Å². The number of hydrogen-bond donors (Lipinski definition) is 1. The quantitative estimate of drug-likeness (QED) is 0.842. The average Bonchev–Trinajstić information content (AvgIpc) is 2.68. The molecule has 0 bridgehead atoms.